The Morgan fingerprint density at radius 2 is 1.94 bits per heavy atom. The van der Waals surface area contributed by atoms with Gasteiger partial charge in [0, 0.05) is 0 Å². The Morgan fingerprint density at radius 3 is 2.56 bits per heavy atom. The van der Waals surface area contributed by atoms with Gasteiger partial charge in [0.1, 0.15) is 0 Å². The fraction of sp³-hybridized carbons (Fsp3) is 0.286. The molecule has 0 saturated heterocycles. The second-order valence-corrected chi connectivity index (χ2v) is 5.40. The molecular weight excluding hydrogens is 246 g/mol. The van der Waals surface area contributed by atoms with Gasteiger partial charge in [-0.25, -0.2) is 9.78 Å². The summed E-state index contributed by atoms with van der Waals surface area (Å²) in [4.78, 5) is 16.8. The fourth-order valence-corrected chi connectivity index (χ4v) is 2.64. The lowest BCUT2D eigenvalue weighted by Crippen LogP contribution is -2.03. The lowest BCUT2D eigenvalue weighted by Gasteiger charge is -2.04. The monoisotopic (exact) mass is 261 g/mol. The molecule has 0 fully saturated rings. The Bertz CT molecular complexity index is 602. The Labute approximate surface area is 110 Å². The molecular formula is C14H15NO2S. The molecule has 1 aromatic heterocycles. The highest BCUT2D eigenvalue weighted by Gasteiger charge is 2.18. The van der Waals surface area contributed by atoms with Gasteiger partial charge in [-0.15, -0.1) is 11.3 Å². The van der Waals surface area contributed by atoms with Crippen LogP contribution in [0.5, 0.6) is 0 Å². The first-order valence-corrected chi connectivity index (χ1v) is 6.48. The van der Waals surface area contributed by atoms with E-state index >= 15 is 0 Å². The largest absolute Gasteiger partial charge is 0.464 e. The van der Waals surface area contributed by atoms with E-state index in [1.54, 1.807) is 0 Å². The number of aromatic nitrogens is 1. The summed E-state index contributed by atoms with van der Waals surface area (Å²) in [6, 6.07) is 6.15. The number of aryl methyl sites for hydroxylation is 3. The zero-order valence-electron chi connectivity index (χ0n) is 10.9. The van der Waals surface area contributed by atoms with Crippen LogP contribution in [-0.4, -0.2) is 18.1 Å². The summed E-state index contributed by atoms with van der Waals surface area (Å²) in [6.07, 6.45) is 0. The molecule has 4 heteroatoms. The number of hydrogen-bond acceptors (Lipinski definition) is 4. The lowest BCUT2D eigenvalue weighted by atomic mass is 10.0. The number of carbonyl (C=O) groups excluding carboxylic acids is 1. The molecule has 0 radical (unpaired) electrons. The van der Waals surface area contributed by atoms with Gasteiger partial charge < -0.3 is 4.74 Å². The number of hydrogen-bond donors (Lipinski definition) is 0. The summed E-state index contributed by atoms with van der Waals surface area (Å²) in [5, 5.41) is 0.864. The maximum Gasteiger partial charge on any atom is 0.358 e. The zero-order chi connectivity index (χ0) is 13.3. The van der Waals surface area contributed by atoms with Crippen molar-refractivity contribution in [1.29, 1.82) is 0 Å². The summed E-state index contributed by atoms with van der Waals surface area (Å²) in [7, 11) is 1.38. The number of nitrogens with zero attached hydrogens (tertiary/aromatic N) is 1. The van der Waals surface area contributed by atoms with Crippen LogP contribution in [0.1, 0.15) is 26.6 Å². The normalized spacial score (nSPS) is 10.4. The van der Waals surface area contributed by atoms with Gasteiger partial charge in [-0.2, -0.15) is 0 Å². The maximum atomic E-state index is 11.7. The standard InChI is InChI=1S/C14H15NO2S/c1-8-5-6-11(7-9(8)2)13-12(14(16)17-4)15-10(3)18-13/h5-7H,1-4H3. The molecule has 0 saturated carbocycles. The van der Waals surface area contributed by atoms with Crippen LogP contribution in [0.3, 0.4) is 0 Å². The molecule has 0 spiro atoms. The number of carbonyl (C=O) groups is 1. The molecule has 0 aliphatic rings. The summed E-state index contributed by atoms with van der Waals surface area (Å²) < 4.78 is 4.77. The minimum absolute atomic E-state index is 0.382. The molecule has 18 heavy (non-hydrogen) atoms. The van der Waals surface area contributed by atoms with Crippen LogP contribution >= 0.6 is 11.3 Å². The van der Waals surface area contributed by atoms with Crippen molar-refractivity contribution in [2.24, 2.45) is 0 Å². The van der Waals surface area contributed by atoms with Crippen LogP contribution in [-0.2, 0) is 4.74 Å². The number of esters is 1. The van der Waals surface area contributed by atoms with E-state index in [9.17, 15) is 4.79 Å². The second-order valence-electron chi connectivity index (χ2n) is 4.20. The molecule has 2 rings (SSSR count). The smallest absolute Gasteiger partial charge is 0.358 e. The van der Waals surface area contributed by atoms with Crippen LogP contribution in [0.15, 0.2) is 18.2 Å². The minimum atomic E-state index is -0.382. The van der Waals surface area contributed by atoms with Gasteiger partial charge in [-0.05, 0) is 37.5 Å². The zero-order valence-corrected chi connectivity index (χ0v) is 11.7. The van der Waals surface area contributed by atoms with Gasteiger partial charge in [0.25, 0.3) is 0 Å². The topological polar surface area (TPSA) is 39.2 Å². The molecule has 94 valence electrons. The van der Waals surface area contributed by atoms with Gasteiger partial charge >= 0.3 is 5.97 Å². The SMILES string of the molecule is COC(=O)c1nc(C)sc1-c1ccc(C)c(C)c1. The highest BCUT2D eigenvalue weighted by Crippen LogP contribution is 2.31. The molecule has 3 nitrogen and oxygen atoms in total. The highest BCUT2D eigenvalue weighted by molar-refractivity contribution is 7.15. The van der Waals surface area contributed by atoms with Crippen molar-refractivity contribution in [3.05, 3.63) is 40.0 Å². The summed E-state index contributed by atoms with van der Waals surface area (Å²) in [5.74, 6) is -0.382. The Balaban J connectivity index is 2.56. The average molecular weight is 261 g/mol. The third kappa shape index (κ3) is 2.29. The molecule has 0 N–H and O–H groups in total. The van der Waals surface area contributed by atoms with Crippen molar-refractivity contribution in [1.82, 2.24) is 4.98 Å². The van der Waals surface area contributed by atoms with Crippen LogP contribution in [0.25, 0.3) is 10.4 Å². The quantitative estimate of drug-likeness (QED) is 0.776. The van der Waals surface area contributed by atoms with Crippen LogP contribution in [0, 0.1) is 20.8 Å². The number of rotatable bonds is 2. The summed E-state index contributed by atoms with van der Waals surface area (Å²) >= 11 is 1.51. The van der Waals surface area contributed by atoms with E-state index in [1.165, 1.54) is 29.6 Å². The van der Waals surface area contributed by atoms with E-state index in [1.807, 2.05) is 13.0 Å². The number of benzene rings is 1. The minimum Gasteiger partial charge on any atom is -0.464 e. The third-order valence-corrected chi connectivity index (χ3v) is 3.90. The van der Waals surface area contributed by atoms with E-state index in [0.29, 0.717) is 5.69 Å². The number of ether oxygens (including phenoxy) is 1. The first-order chi connectivity index (χ1) is 8.52. The Morgan fingerprint density at radius 1 is 1.22 bits per heavy atom. The van der Waals surface area contributed by atoms with E-state index < -0.39 is 0 Å². The maximum absolute atomic E-state index is 11.7. The van der Waals surface area contributed by atoms with Crippen molar-refractivity contribution in [2.45, 2.75) is 20.8 Å². The van der Waals surface area contributed by atoms with Gasteiger partial charge in [0.05, 0.1) is 17.0 Å². The van der Waals surface area contributed by atoms with Gasteiger partial charge in [-0.3, -0.25) is 0 Å². The number of thiazole rings is 1. The van der Waals surface area contributed by atoms with Crippen molar-refractivity contribution < 1.29 is 9.53 Å². The van der Waals surface area contributed by atoms with Crippen molar-refractivity contribution in [3.63, 3.8) is 0 Å². The first-order valence-electron chi connectivity index (χ1n) is 5.66. The molecule has 2 aromatic rings. The Kier molecular flexibility index (Phi) is 3.48. The summed E-state index contributed by atoms with van der Waals surface area (Å²) in [5.41, 5.74) is 3.86. The molecule has 0 aliphatic carbocycles. The highest BCUT2D eigenvalue weighted by atomic mass is 32.1. The predicted molar refractivity (Wildman–Crippen MR) is 73.1 cm³/mol. The van der Waals surface area contributed by atoms with E-state index in [0.717, 1.165) is 15.4 Å². The van der Waals surface area contributed by atoms with E-state index in [4.69, 9.17) is 4.74 Å². The summed E-state index contributed by atoms with van der Waals surface area (Å²) in [6.45, 7) is 6.02. The molecule has 0 bridgehead atoms. The van der Waals surface area contributed by atoms with Gasteiger partial charge in [0.2, 0.25) is 0 Å². The van der Waals surface area contributed by atoms with E-state index in [2.05, 4.69) is 31.0 Å². The van der Waals surface area contributed by atoms with Crippen LogP contribution in [0.2, 0.25) is 0 Å². The van der Waals surface area contributed by atoms with Crippen LogP contribution < -0.4 is 0 Å². The molecule has 0 unspecified atom stereocenters. The molecule has 0 amide bonds. The second kappa shape index (κ2) is 4.90. The van der Waals surface area contributed by atoms with Crippen molar-refractivity contribution >= 4 is 17.3 Å². The van der Waals surface area contributed by atoms with Crippen molar-refractivity contribution in [2.75, 3.05) is 7.11 Å². The van der Waals surface area contributed by atoms with E-state index in [-0.39, 0.29) is 5.97 Å². The van der Waals surface area contributed by atoms with Crippen LogP contribution in [0.4, 0.5) is 0 Å². The molecule has 0 aliphatic heterocycles. The number of methoxy groups -OCH3 is 1. The fourth-order valence-electron chi connectivity index (χ4n) is 1.74. The van der Waals surface area contributed by atoms with Gasteiger partial charge in [-0.1, -0.05) is 18.2 Å². The molecule has 0 atom stereocenters. The predicted octanol–water partition coefficient (Wildman–Crippen LogP) is 3.52. The molecule has 1 aromatic carbocycles. The Hall–Kier alpha value is -1.68. The van der Waals surface area contributed by atoms with Crippen molar-refractivity contribution in [3.8, 4) is 10.4 Å². The van der Waals surface area contributed by atoms with Gasteiger partial charge in [0.15, 0.2) is 5.69 Å². The average Bonchev–Trinajstić information content (AvgIpc) is 2.74. The molecule has 1 heterocycles. The third-order valence-electron chi connectivity index (χ3n) is 2.88. The first kappa shape index (κ1) is 12.8. The lowest BCUT2D eigenvalue weighted by molar-refractivity contribution is 0.0595.